The molecule has 2 aromatic rings. The summed E-state index contributed by atoms with van der Waals surface area (Å²) in [4.78, 5) is 0. The number of nitrogens with zero attached hydrogens (tertiary/aromatic N) is 2. The van der Waals surface area contributed by atoms with Crippen LogP contribution in [0.2, 0.25) is 0 Å². The van der Waals surface area contributed by atoms with E-state index in [1.54, 1.807) is 0 Å². The van der Waals surface area contributed by atoms with Crippen molar-refractivity contribution in [2.24, 2.45) is 10.2 Å². The minimum absolute atomic E-state index is 0.0541. The summed E-state index contributed by atoms with van der Waals surface area (Å²) in [5, 5.41) is 45.2. The fourth-order valence-corrected chi connectivity index (χ4v) is 1.73. The van der Waals surface area contributed by atoms with Crippen molar-refractivity contribution in [3.05, 3.63) is 47.5 Å². The average Bonchev–Trinajstić information content (AvgIpc) is 2.51. The standard InChI is InChI=1S/C15H14N4O4S/c20-11-3-1-9(13(22)5-11)7-16-18-15(24)19-17-8-10-2-4-12(21)6-14(10)23/h1-8,20-23H,(H2,18,19,24)/b16-7-,17-8+. The van der Waals surface area contributed by atoms with E-state index >= 15 is 0 Å². The summed E-state index contributed by atoms with van der Waals surface area (Å²) in [7, 11) is 0. The van der Waals surface area contributed by atoms with Crippen LogP contribution in [0.5, 0.6) is 23.0 Å². The number of hydrogen-bond acceptors (Lipinski definition) is 7. The van der Waals surface area contributed by atoms with Gasteiger partial charge in [-0.05, 0) is 36.5 Å². The molecule has 2 rings (SSSR count). The first-order valence-electron chi connectivity index (χ1n) is 6.62. The Kier molecular flexibility index (Phi) is 5.53. The number of nitrogens with one attached hydrogen (secondary N) is 2. The van der Waals surface area contributed by atoms with Crippen molar-refractivity contribution in [3.63, 3.8) is 0 Å². The van der Waals surface area contributed by atoms with Crippen molar-refractivity contribution in [1.82, 2.24) is 10.9 Å². The lowest BCUT2D eigenvalue weighted by Gasteiger charge is -2.03. The molecule has 0 fully saturated rings. The zero-order valence-corrected chi connectivity index (χ0v) is 13.0. The van der Waals surface area contributed by atoms with Crippen molar-refractivity contribution in [1.29, 1.82) is 0 Å². The molecule has 0 aliphatic rings. The van der Waals surface area contributed by atoms with Gasteiger partial charge < -0.3 is 20.4 Å². The van der Waals surface area contributed by atoms with Crippen molar-refractivity contribution in [2.45, 2.75) is 0 Å². The molecule has 0 spiro atoms. The molecule has 0 saturated heterocycles. The number of aromatic hydroxyl groups is 4. The SMILES string of the molecule is Oc1ccc(/C=N\NC(=S)N/N=C/c2ccc(O)cc2O)c(O)c1. The van der Waals surface area contributed by atoms with Crippen LogP contribution in [0.4, 0.5) is 0 Å². The number of phenols is 4. The van der Waals surface area contributed by atoms with Crippen LogP contribution in [0.1, 0.15) is 11.1 Å². The average molecular weight is 346 g/mol. The predicted molar refractivity (Wildman–Crippen MR) is 93.6 cm³/mol. The Labute approximate surface area is 142 Å². The lowest BCUT2D eigenvalue weighted by Crippen LogP contribution is -2.28. The van der Waals surface area contributed by atoms with E-state index < -0.39 is 0 Å². The van der Waals surface area contributed by atoms with Gasteiger partial charge in [0.25, 0.3) is 0 Å². The largest absolute Gasteiger partial charge is 0.508 e. The smallest absolute Gasteiger partial charge is 0.207 e. The normalized spacial score (nSPS) is 11.0. The molecule has 0 aliphatic carbocycles. The Balaban J connectivity index is 1.87. The molecule has 124 valence electrons. The summed E-state index contributed by atoms with van der Waals surface area (Å²) in [5.74, 6) is -0.358. The van der Waals surface area contributed by atoms with Gasteiger partial charge in [-0.3, -0.25) is 10.9 Å². The van der Waals surface area contributed by atoms with Gasteiger partial charge in [0.05, 0.1) is 12.4 Å². The third kappa shape index (κ3) is 4.85. The van der Waals surface area contributed by atoms with Crippen LogP contribution in [0.25, 0.3) is 0 Å². The van der Waals surface area contributed by atoms with Gasteiger partial charge in [0.15, 0.2) is 0 Å². The fourth-order valence-electron chi connectivity index (χ4n) is 1.63. The molecular weight excluding hydrogens is 332 g/mol. The minimum atomic E-state index is -0.125. The van der Waals surface area contributed by atoms with Crippen LogP contribution in [0, 0.1) is 0 Å². The molecule has 0 heterocycles. The zero-order chi connectivity index (χ0) is 17.5. The Bertz CT molecular complexity index is 743. The van der Waals surface area contributed by atoms with Crippen LogP contribution in [0.15, 0.2) is 46.6 Å². The summed E-state index contributed by atoms with van der Waals surface area (Å²) in [5.41, 5.74) is 5.74. The summed E-state index contributed by atoms with van der Waals surface area (Å²) in [6.07, 6.45) is 2.64. The Morgan fingerprint density at radius 1 is 0.792 bits per heavy atom. The molecule has 0 atom stereocenters. The molecule has 0 aliphatic heterocycles. The lowest BCUT2D eigenvalue weighted by molar-refractivity contribution is 0.449. The van der Waals surface area contributed by atoms with Gasteiger partial charge in [-0.1, -0.05) is 0 Å². The summed E-state index contributed by atoms with van der Waals surface area (Å²) in [6.45, 7) is 0. The van der Waals surface area contributed by atoms with Gasteiger partial charge in [0.1, 0.15) is 23.0 Å². The second kappa shape index (κ2) is 7.79. The van der Waals surface area contributed by atoms with Crippen molar-refractivity contribution in [3.8, 4) is 23.0 Å². The van der Waals surface area contributed by atoms with Gasteiger partial charge >= 0.3 is 0 Å². The monoisotopic (exact) mass is 346 g/mol. The predicted octanol–water partition coefficient (Wildman–Crippen LogP) is 1.34. The summed E-state index contributed by atoms with van der Waals surface area (Å²) < 4.78 is 0. The van der Waals surface area contributed by atoms with Crippen LogP contribution >= 0.6 is 12.2 Å². The van der Waals surface area contributed by atoms with E-state index in [4.69, 9.17) is 12.2 Å². The van der Waals surface area contributed by atoms with E-state index in [1.165, 1.54) is 48.8 Å². The quantitative estimate of drug-likeness (QED) is 0.280. The first-order chi connectivity index (χ1) is 11.5. The molecule has 6 N–H and O–H groups in total. The number of hydrazone groups is 2. The van der Waals surface area contributed by atoms with E-state index in [2.05, 4.69) is 21.1 Å². The molecule has 0 radical (unpaired) electrons. The first-order valence-corrected chi connectivity index (χ1v) is 7.02. The maximum Gasteiger partial charge on any atom is 0.207 e. The van der Waals surface area contributed by atoms with Crippen LogP contribution < -0.4 is 10.9 Å². The van der Waals surface area contributed by atoms with Crippen LogP contribution in [0.3, 0.4) is 0 Å². The van der Waals surface area contributed by atoms with E-state index in [0.717, 1.165) is 0 Å². The molecule has 0 bridgehead atoms. The highest BCUT2D eigenvalue weighted by Crippen LogP contribution is 2.21. The van der Waals surface area contributed by atoms with Crippen molar-refractivity contribution in [2.75, 3.05) is 0 Å². The molecule has 0 amide bonds. The van der Waals surface area contributed by atoms with Gasteiger partial charge in [-0.15, -0.1) is 0 Å². The van der Waals surface area contributed by atoms with E-state index in [0.29, 0.717) is 11.1 Å². The van der Waals surface area contributed by atoms with E-state index in [-0.39, 0.29) is 28.1 Å². The molecule has 2 aromatic carbocycles. The number of hydrogen-bond donors (Lipinski definition) is 6. The molecular formula is C15H14N4O4S. The third-order valence-corrected chi connectivity index (χ3v) is 2.95. The molecule has 0 unspecified atom stereocenters. The highest BCUT2D eigenvalue weighted by molar-refractivity contribution is 7.80. The topological polar surface area (TPSA) is 130 Å². The molecule has 9 heteroatoms. The second-order valence-corrected chi connectivity index (χ2v) is 4.96. The van der Waals surface area contributed by atoms with E-state index in [9.17, 15) is 20.4 Å². The van der Waals surface area contributed by atoms with Crippen LogP contribution in [-0.4, -0.2) is 38.0 Å². The second-order valence-electron chi connectivity index (χ2n) is 4.56. The maximum atomic E-state index is 9.58. The van der Waals surface area contributed by atoms with Gasteiger partial charge in [-0.2, -0.15) is 10.2 Å². The van der Waals surface area contributed by atoms with Gasteiger partial charge in [0.2, 0.25) is 5.11 Å². The molecule has 0 aromatic heterocycles. The first kappa shape index (κ1) is 17.0. The third-order valence-electron chi connectivity index (χ3n) is 2.77. The fraction of sp³-hybridized carbons (Fsp3) is 0. The minimum Gasteiger partial charge on any atom is -0.508 e. The number of rotatable bonds is 4. The van der Waals surface area contributed by atoms with Crippen molar-refractivity contribution < 1.29 is 20.4 Å². The highest BCUT2D eigenvalue weighted by Gasteiger charge is 2.00. The number of phenolic OH excluding ortho intramolecular Hbond substituents is 4. The number of benzene rings is 2. The number of thiocarbonyl (C=S) groups is 1. The zero-order valence-electron chi connectivity index (χ0n) is 12.2. The lowest BCUT2D eigenvalue weighted by atomic mass is 10.2. The Hall–Kier alpha value is -3.33. The molecule has 0 saturated carbocycles. The van der Waals surface area contributed by atoms with Gasteiger partial charge in [-0.25, -0.2) is 0 Å². The van der Waals surface area contributed by atoms with E-state index in [1.807, 2.05) is 0 Å². The maximum absolute atomic E-state index is 9.58. The highest BCUT2D eigenvalue weighted by atomic mass is 32.1. The summed E-state index contributed by atoms with van der Waals surface area (Å²) >= 11 is 4.94. The Morgan fingerprint density at radius 3 is 1.58 bits per heavy atom. The van der Waals surface area contributed by atoms with Gasteiger partial charge in [0, 0.05) is 23.3 Å². The summed E-state index contributed by atoms with van der Waals surface area (Å²) in [6, 6.07) is 8.16. The molecule has 8 nitrogen and oxygen atoms in total. The van der Waals surface area contributed by atoms with Crippen molar-refractivity contribution >= 4 is 29.8 Å². The van der Waals surface area contributed by atoms with Crippen LogP contribution in [-0.2, 0) is 0 Å². The molecule has 24 heavy (non-hydrogen) atoms. The Morgan fingerprint density at radius 2 is 1.21 bits per heavy atom.